The van der Waals surface area contributed by atoms with Crippen LogP contribution >= 0.6 is 0 Å². The van der Waals surface area contributed by atoms with Crippen molar-refractivity contribution in [1.29, 1.82) is 0 Å². The molecule has 2 aliphatic rings. The molecule has 8 nitrogen and oxygen atoms in total. The molecule has 11 heteroatoms. The average Bonchev–Trinajstić information content (AvgIpc) is 2.55. The molecule has 0 N–H and O–H groups in total. The number of carbonyl (C=O) groups is 1. The molecular formula is C17H18F3N3O5. The maximum absolute atomic E-state index is 13.1. The number of alkyl halides is 3. The molecule has 1 aliphatic heterocycles. The molecular weight excluding hydrogens is 383 g/mol. The van der Waals surface area contributed by atoms with Gasteiger partial charge in [-0.05, 0) is 29.4 Å². The number of nitro benzene ring substituents is 2. The lowest BCUT2D eigenvalue weighted by Gasteiger charge is -2.60. The molecule has 1 aromatic rings. The normalized spacial score (nSPS) is 25.8. The van der Waals surface area contributed by atoms with Crippen LogP contribution in [0.5, 0.6) is 0 Å². The van der Waals surface area contributed by atoms with Crippen LogP contribution in [0.4, 0.5) is 24.5 Å². The lowest BCUT2D eigenvalue weighted by molar-refractivity contribution is -0.422. The van der Waals surface area contributed by atoms with Gasteiger partial charge in [0.05, 0.1) is 9.85 Å². The molecule has 1 amide bonds. The van der Waals surface area contributed by atoms with Crippen molar-refractivity contribution in [3.8, 4) is 0 Å². The minimum atomic E-state index is -5.02. The molecule has 0 spiro atoms. The van der Waals surface area contributed by atoms with E-state index in [1.165, 1.54) is 6.07 Å². The number of rotatable bonds is 2. The Morgan fingerprint density at radius 2 is 1.68 bits per heavy atom. The Labute approximate surface area is 157 Å². The number of benzene rings is 1. The topological polar surface area (TPSA) is 107 Å². The summed E-state index contributed by atoms with van der Waals surface area (Å²) >= 11 is 0. The van der Waals surface area contributed by atoms with Gasteiger partial charge in [0.1, 0.15) is 0 Å². The SMILES string of the molecule is CC1(C)[C@@H]2Cc3cc([N+](=O)[O-])c([N+](=O)[O-])cc3[C@]1(C)CCN2C(=O)C(F)(F)F. The Bertz CT molecular complexity index is 899. The Balaban J connectivity index is 2.20. The van der Waals surface area contributed by atoms with Gasteiger partial charge in [-0.1, -0.05) is 20.8 Å². The van der Waals surface area contributed by atoms with Gasteiger partial charge >= 0.3 is 23.5 Å². The van der Waals surface area contributed by atoms with Crippen LogP contribution in [0.1, 0.15) is 38.3 Å². The molecule has 2 bridgehead atoms. The van der Waals surface area contributed by atoms with Crippen LogP contribution in [0.25, 0.3) is 0 Å². The van der Waals surface area contributed by atoms with Crippen molar-refractivity contribution in [2.24, 2.45) is 5.41 Å². The van der Waals surface area contributed by atoms with E-state index in [1.54, 1.807) is 20.8 Å². The largest absolute Gasteiger partial charge is 0.471 e. The van der Waals surface area contributed by atoms with Crippen LogP contribution in [-0.4, -0.2) is 39.4 Å². The van der Waals surface area contributed by atoms with Gasteiger partial charge in [0.2, 0.25) is 0 Å². The lowest BCUT2D eigenvalue weighted by Crippen LogP contribution is -2.66. The molecule has 152 valence electrons. The van der Waals surface area contributed by atoms with Gasteiger partial charge in [0.15, 0.2) is 0 Å². The predicted molar refractivity (Wildman–Crippen MR) is 90.8 cm³/mol. The van der Waals surface area contributed by atoms with Crippen LogP contribution in [0.3, 0.4) is 0 Å². The Morgan fingerprint density at radius 3 is 2.18 bits per heavy atom. The highest BCUT2D eigenvalue weighted by molar-refractivity contribution is 5.82. The van der Waals surface area contributed by atoms with Crippen molar-refractivity contribution in [2.75, 3.05) is 6.54 Å². The van der Waals surface area contributed by atoms with E-state index >= 15 is 0 Å². The summed E-state index contributed by atoms with van der Waals surface area (Å²) < 4.78 is 39.2. The first-order valence-corrected chi connectivity index (χ1v) is 8.56. The first-order chi connectivity index (χ1) is 12.7. The van der Waals surface area contributed by atoms with Gasteiger partial charge in [-0.3, -0.25) is 25.0 Å². The lowest BCUT2D eigenvalue weighted by atomic mass is 9.51. The molecule has 1 heterocycles. The van der Waals surface area contributed by atoms with Crippen LogP contribution < -0.4 is 0 Å². The minimum Gasteiger partial charge on any atom is -0.331 e. The second-order valence-corrected chi connectivity index (χ2v) is 8.03. The fourth-order valence-electron chi connectivity index (χ4n) is 4.64. The molecule has 1 fully saturated rings. The standard InChI is InChI=1S/C17H18F3N3O5/c1-15(2)13-7-9-6-11(22(25)26)12(23(27)28)8-10(9)16(15,3)4-5-21(13)14(24)17(18,19)20/h6,8,13H,4-5,7H2,1-3H3/t13-,16-/m0/s1. The van der Waals surface area contributed by atoms with Gasteiger partial charge in [0.25, 0.3) is 0 Å². The highest BCUT2D eigenvalue weighted by Crippen LogP contribution is 2.57. The molecule has 1 aromatic carbocycles. The molecule has 0 radical (unpaired) electrons. The van der Waals surface area contributed by atoms with E-state index in [0.29, 0.717) is 11.1 Å². The van der Waals surface area contributed by atoms with Crippen LogP contribution in [0.2, 0.25) is 0 Å². The number of nitrogens with zero attached hydrogens (tertiary/aromatic N) is 3. The van der Waals surface area contributed by atoms with E-state index in [0.717, 1.165) is 11.0 Å². The van der Waals surface area contributed by atoms with Gasteiger partial charge in [-0.25, -0.2) is 0 Å². The minimum absolute atomic E-state index is 0.0431. The van der Waals surface area contributed by atoms with Crippen molar-refractivity contribution in [3.63, 3.8) is 0 Å². The summed E-state index contributed by atoms with van der Waals surface area (Å²) in [6.45, 7) is 5.09. The van der Waals surface area contributed by atoms with E-state index in [4.69, 9.17) is 0 Å². The fraction of sp³-hybridized carbons (Fsp3) is 0.588. The van der Waals surface area contributed by atoms with Gasteiger partial charge < -0.3 is 4.90 Å². The van der Waals surface area contributed by atoms with Gasteiger partial charge in [0, 0.05) is 30.1 Å². The molecule has 1 saturated heterocycles. The van der Waals surface area contributed by atoms with E-state index < -0.39 is 50.2 Å². The number of hydrogen-bond acceptors (Lipinski definition) is 5. The monoisotopic (exact) mass is 401 g/mol. The summed E-state index contributed by atoms with van der Waals surface area (Å²) in [5.74, 6) is -1.94. The third kappa shape index (κ3) is 2.63. The Hall–Kier alpha value is -2.72. The number of carbonyl (C=O) groups excluding carboxylic acids is 1. The van der Waals surface area contributed by atoms with E-state index in [2.05, 4.69) is 0 Å². The molecule has 1 aliphatic carbocycles. The highest BCUT2D eigenvalue weighted by Gasteiger charge is 2.60. The average molecular weight is 401 g/mol. The molecule has 3 rings (SSSR count). The summed E-state index contributed by atoms with van der Waals surface area (Å²) in [4.78, 5) is 33.6. The first-order valence-electron chi connectivity index (χ1n) is 8.56. The van der Waals surface area contributed by atoms with E-state index in [9.17, 15) is 38.2 Å². The van der Waals surface area contributed by atoms with Gasteiger partial charge in [-0.2, -0.15) is 13.2 Å². The third-order valence-corrected chi connectivity index (χ3v) is 6.59. The van der Waals surface area contributed by atoms with E-state index in [1.807, 2.05) is 0 Å². The second-order valence-electron chi connectivity index (χ2n) is 8.03. The summed E-state index contributed by atoms with van der Waals surface area (Å²) in [6, 6.07) is 1.40. The molecule has 2 atom stereocenters. The summed E-state index contributed by atoms with van der Waals surface area (Å²) in [5.41, 5.74) is -2.09. The number of halogens is 3. The molecule has 0 saturated carbocycles. The third-order valence-electron chi connectivity index (χ3n) is 6.59. The van der Waals surface area contributed by atoms with Crippen LogP contribution in [0.15, 0.2) is 12.1 Å². The molecule has 0 aromatic heterocycles. The predicted octanol–water partition coefficient (Wildman–Crippen LogP) is 3.51. The van der Waals surface area contributed by atoms with Crippen molar-refractivity contribution >= 4 is 17.3 Å². The first kappa shape index (κ1) is 20.0. The summed E-state index contributed by atoms with van der Waals surface area (Å²) in [6.07, 6.45) is -4.91. The smallest absolute Gasteiger partial charge is 0.331 e. The van der Waals surface area contributed by atoms with Crippen LogP contribution in [0, 0.1) is 25.6 Å². The number of amides is 1. The number of fused-ring (bicyclic) bond motifs is 4. The van der Waals surface area contributed by atoms with E-state index in [-0.39, 0.29) is 19.4 Å². The summed E-state index contributed by atoms with van der Waals surface area (Å²) in [5, 5.41) is 22.6. The van der Waals surface area contributed by atoms with Crippen molar-refractivity contribution in [1.82, 2.24) is 4.90 Å². The zero-order valence-electron chi connectivity index (χ0n) is 15.4. The Morgan fingerprint density at radius 1 is 1.14 bits per heavy atom. The maximum Gasteiger partial charge on any atom is 0.471 e. The van der Waals surface area contributed by atoms with Gasteiger partial charge in [-0.15, -0.1) is 0 Å². The van der Waals surface area contributed by atoms with Crippen LogP contribution in [-0.2, 0) is 16.6 Å². The second kappa shape index (κ2) is 5.89. The zero-order valence-corrected chi connectivity index (χ0v) is 15.4. The number of nitro groups is 2. The molecule has 0 unspecified atom stereocenters. The quantitative estimate of drug-likeness (QED) is 0.557. The fourth-order valence-corrected chi connectivity index (χ4v) is 4.64. The molecule has 28 heavy (non-hydrogen) atoms. The highest BCUT2D eigenvalue weighted by atomic mass is 19.4. The number of piperidine rings is 1. The van der Waals surface area contributed by atoms with Crippen molar-refractivity contribution in [3.05, 3.63) is 43.5 Å². The van der Waals surface area contributed by atoms with Crippen molar-refractivity contribution < 1.29 is 27.8 Å². The maximum atomic E-state index is 13.1. The summed E-state index contributed by atoms with van der Waals surface area (Å²) in [7, 11) is 0. The Kier molecular flexibility index (Phi) is 4.21. The number of hydrogen-bond donors (Lipinski definition) is 0. The number of likely N-dealkylation sites (tertiary alicyclic amines) is 1. The van der Waals surface area contributed by atoms with Crippen molar-refractivity contribution in [2.45, 2.75) is 51.2 Å². The zero-order chi connectivity index (χ0) is 21.2.